The lowest BCUT2D eigenvalue weighted by molar-refractivity contribution is 0.136. The van der Waals surface area contributed by atoms with Gasteiger partial charge >= 0.3 is 0 Å². The Balaban J connectivity index is 1.86. The van der Waals surface area contributed by atoms with E-state index in [1.54, 1.807) is 38.1 Å². The zero-order valence-corrected chi connectivity index (χ0v) is 23.3. The Hall–Kier alpha value is -2.57. The molecule has 11 heteroatoms. The van der Waals surface area contributed by atoms with Crippen LogP contribution in [0, 0.1) is 12.3 Å². The molecule has 0 bridgehead atoms. The zero-order chi connectivity index (χ0) is 27.1. The molecule has 0 aromatic heterocycles. The lowest BCUT2D eigenvalue weighted by atomic mass is 9.83. The minimum absolute atomic E-state index is 0.0675. The molecule has 1 saturated heterocycles. The normalized spacial score (nSPS) is 19.1. The molecule has 198 valence electrons. The molecule has 0 N–H and O–H groups in total. The smallest absolute Gasteiger partial charge is 0.207 e. The van der Waals surface area contributed by atoms with E-state index in [9.17, 15) is 25.3 Å². The second-order valence-electron chi connectivity index (χ2n) is 9.99. The molecule has 0 spiro atoms. The summed E-state index contributed by atoms with van der Waals surface area (Å²) in [5.41, 5.74) is 0.182. The number of sulfonamides is 3. The van der Waals surface area contributed by atoms with E-state index in [0.29, 0.717) is 3.71 Å². The second kappa shape index (κ2) is 9.95. The third kappa shape index (κ3) is 5.51. The molecule has 0 aliphatic carbocycles. The summed E-state index contributed by atoms with van der Waals surface area (Å²) in [6.07, 6.45) is 0.144. The highest BCUT2D eigenvalue weighted by atomic mass is 32.3. The van der Waals surface area contributed by atoms with Gasteiger partial charge in [0, 0.05) is 13.1 Å². The van der Waals surface area contributed by atoms with Crippen molar-refractivity contribution in [2.75, 3.05) is 13.1 Å². The van der Waals surface area contributed by atoms with Crippen LogP contribution >= 0.6 is 0 Å². The van der Waals surface area contributed by atoms with Crippen molar-refractivity contribution in [2.45, 2.75) is 47.9 Å². The number of piperidine rings is 1. The predicted octanol–water partition coefficient (Wildman–Crippen LogP) is 3.86. The first-order valence-electron chi connectivity index (χ1n) is 11.7. The molecule has 8 nitrogen and oxygen atoms in total. The number of hydrogen-bond acceptors (Lipinski definition) is 6. The van der Waals surface area contributed by atoms with Crippen LogP contribution < -0.4 is 0 Å². The van der Waals surface area contributed by atoms with Crippen molar-refractivity contribution in [2.24, 2.45) is 5.41 Å². The number of nitrogens with zero attached hydrogens (tertiary/aromatic N) is 2. The Bertz CT molecular complexity index is 1500. The molecule has 1 aliphatic heterocycles. The number of rotatable bonds is 7. The monoisotopic (exact) mass is 562 g/mol. The molecule has 0 amide bonds. The molecule has 1 heterocycles. The fourth-order valence-corrected chi connectivity index (χ4v) is 10.3. The quantitative estimate of drug-likeness (QED) is 0.433. The lowest BCUT2D eigenvalue weighted by Gasteiger charge is -2.44. The fourth-order valence-electron chi connectivity index (χ4n) is 4.64. The Morgan fingerprint density at radius 2 is 1.16 bits per heavy atom. The highest BCUT2D eigenvalue weighted by Crippen LogP contribution is 2.38. The molecule has 1 aliphatic rings. The van der Waals surface area contributed by atoms with Gasteiger partial charge in [-0.1, -0.05) is 71.7 Å². The molecular weight excluding hydrogens is 532 g/mol. The van der Waals surface area contributed by atoms with E-state index in [4.69, 9.17) is 0 Å². The van der Waals surface area contributed by atoms with Gasteiger partial charge in [-0.25, -0.2) is 25.3 Å². The maximum absolute atomic E-state index is 13.9. The van der Waals surface area contributed by atoms with Crippen molar-refractivity contribution >= 4 is 30.1 Å². The van der Waals surface area contributed by atoms with Crippen LogP contribution in [0.4, 0.5) is 0 Å². The van der Waals surface area contributed by atoms with Crippen LogP contribution in [0.25, 0.3) is 0 Å². The van der Waals surface area contributed by atoms with Gasteiger partial charge < -0.3 is 0 Å². The highest BCUT2D eigenvalue weighted by molar-refractivity contribution is 8.04. The van der Waals surface area contributed by atoms with Gasteiger partial charge in [0.2, 0.25) is 10.0 Å². The number of benzene rings is 3. The van der Waals surface area contributed by atoms with Crippen molar-refractivity contribution in [3.05, 3.63) is 90.5 Å². The first-order valence-corrected chi connectivity index (χ1v) is 16.0. The molecule has 0 saturated carbocycles. The van der Waals surface area contributed by atoms with E-state index in [2.05, 4.69) is 0 Å². The average Bonchev–Trinajstić information content (AvgIpc) is 2.84. The van der Waals surface area contributed by atoms with Gasteiger partial charge in [-0.2, -0.15) is 4.31 Å². The minimum atomic E-state index is -4.57. The standard InChI is InChI=1S/C26H30N2O6S3/c1-21-14-16-25(17-15-21)35(29,30)27-19-22(18-26(2,3)20-27)28(36(31,32)23-10-6-4-7-11-23)37(33,34)24-12-8-5-9-13-24/h4-17,22H,18-20H2,1-3H3/t22-/m1/s1. The third-order valence-electron chi connectivity index (χ3n) is 6.32. The summed E-state index contributed by atoms with van der Waals surface area (Å²) >= 11 is 0. The predicted molar refractivity (Wildman–Crippen MR) is 141 cm³/mol. The summed E-state index contributed by atoms with van der Waals surface area (Å²) in [6.45, 7) is 5.26. The van der Waals surface area contributed by atoms with Gasteiger partial charge in [0.1, 0.15) is 0 Å². The molecular formula is C26H30N2O6S3. The molecule has 0 unspecified atom stereocenters. The van der Waals surface area contributed by atoms with E-state index in [-0.39, 0.29) is 34.2 Å². The summed E-state index contributed by atoms with van der Waals surface area (Å²) in [6, 6.07) is 19.8. The summed E-state index contributed by atoms with van der Waals surface area (Å²) in [5.74, 6) is 0. The summed E-state index contributed by atoms with van der Waals surface area (Å²) in [4.78, 5) is -0.311. The molecule has 3 aromatic rings. The SMILES string of the molecule is Cc1ccc(S(=O)(=O)N2C[C@H](N(S(=O)(=O)c3ccccc3)S(=O)(=O)c3ccccc3)CC(C)(C)C2)cc1. The largest absolute Gasteiger partial charge is 0.256 e. The third-order valence-corrected chi connectivity index (χ3v) is 12.6. The Kier molecular flexibility index (Phi) is 7.39. The van der Waals surface area contributed by atoms with Crippen molar-refractivity contribution in [3.63, 3.8) is 0 Å². The molecule has 1 atom stereocenters. The van der Waals surface area contributed by atoms with Gasteiger partial charge in [-0.05, 0) is 55.2 Å². The molecule has 0 radical (unpaired) electrons. The highest BCUT2D eigenvalue weighted by Gasteiger charge is 2.49. The van der Waals surface area contributed by atoms with Crippen LogP contribution in [0.15, 0.2) is 99.6 Å². The summed E-state index contributed by atoms with van der Waals surface area (Å²) in [5, 5.41) is 0. The van der Waals surface area contributed by atoms with E-state index in [0.717, 1.165) is 5.56 Å². The summed E-state index contributed by atoms with van der Waals surface area (Å²) in [7, 11) is -13.2. The van der Waals surface area contributed by atoms with Crippen LogP contribution in [0.2, 0.25) is 0 Å². The average molecular weight is 563 g/mol. The van der Waals surface area contributed by atoms with Crippen LogP contribution in [-0.2, 0) is 30.1 Å². The first kappa shape index (κ1) is 27.5. The van der Waals surface area contributed by atoms with Crippen LogP contribution in [-0.4, -0.2) is 52.4 Å². The van der Waals surface area contributed by atoms with Gasteiger partial charge in [-0.3, -0.25) is 0 Å². The van der Waals surface area contributed by atoms with Crippen LogP contribution in [0.5, 0.6) is 0 Å². The van der Waals surface area contributed by atoms with Crippen molar-refractivity contribution in [1.82, 2.24) is 8.02 Å². The number of aryl methyl sites for hydroxylation is 1. The van der Waals surface area contributed by atoms with Crippen molar-refractivity contribution < 1.29 is 25.3 Å². The van der Waals surface area contributed by atoms with Crippen molar-refractivity contribution in [1.29, 1.82) is 0 Å². The molecule has 4 rings (SSSR count). The van der Waals surface area contributed by atoms with Gasteiger partial charge in [0.05, 0.1) is 20.7 Å². The molecule has 1 fully saturated rings. The second-order valence-corrected chi connectivity index (χ2v) is 15.8. The zero-order valence-electron chi connectivity index (χ0n) is 20.9. The van der Waals surface area contributed by atoms with Crippen LogP contribution in [0.3, 0.4) is 0 Å². The maximum Gasteiger partial charge on any atom is 0.256 e. The van der Waals surface area contributed by atoms with Gasteiger partial charge in [0.15, 0.2) is 0 Å². The van der Waals surface area contributed by atoms with Gasteiger partial charge in [0.25, 0.3) is 20.0 Å². The van der Waals surface area contributed by atoms with E-state index >= 15 is 0 Å². The van der Waals surface area contributed by atoms with E-state index in [1.165, 1.54) is 65.0 Å². The summed E-state index contributed by atoms with van der Waals surface area (Å²) < 4.78 is 84.5. The maximum atomic E-state index is 13.9. The Morgan fingerprint density at radius 1 is 0.703 bits per heavy atom. The number of hydrogen-bond donors (Lipinski definition) is 0. The lowest BCUT2D eigenvalue weighted by Crippen LogP contribution is -2.57. The molecule has 37 heavy (non-hydrogen) atoms. The van der Waals surface area contributed by atoms with Crippen LogP contribution in [0.1, 0.15) is 25.8 Å². The Morgan fingerprint density at radius 3 is 1.62 bits per heavy atom. The first-order chi connectivity index (χ1) is 17.2. The van der Waals surface area contributed by atoms with Gasteiger partial charge in [-0.15, -0.1) is 0 Å². The Labute approximate surface area is 219 Å². The van der Waals surface area contributed by atoms with Crippen molar-refractivity contribution in [3.8, 4) is 0 Å². The van der Waals surface area contributed by atoms with E-state index < -0.39 is 41.5 Å². The topological polar surface area (TPSA) is 109 Å². The van der Waals surface area contributed by atoms with E-state index in [1.807, 2.05) is 6.92 Å². The fraction of sp³-hybridized carbons (Fsp3) is 0.308. The molecule has 3 aromatic carbocycles. The minimum Gasteiger partial charge on any atom is -0.207 e.